The number of hydrogen-bond acceptors (Lipinski definition) is 5. The summed E-state index contributed by atoms with van der Waals surface area (Å²) >= 11 is 0. The highest BCUT2D eigenvalue weighted by Crippen LogP contribution is 2.24. The van der Waals surface area contributed by atoms with E-state index < -0.39 is 0 Å². The first-order valence-corrected chi connectivity index (χ1v) is 11.2. The van der Waals surface area contributed by atoms with E-state index >= 15 is 0 Å². The molecule has 2 amide bonds. The molecule has 4 N–H and O–H groups in total. The zero-order chi connectivity index (χ0) is 23.6. The maximum atomic E-state index is 11.9. The number of nitrogen functional groups attached to an aromatic ring is 1. The first kappa shape index (κ1) is 23.9. The molecule has 0 fully saturated rings. The van der Waals surface area contributed by atoms with E-state index in [0.29, 0.717) is 12.2 Å². The number of amides is 2. The summed E-state index contributed by atoms with van der Waals surface area (Å²) in [5.74, 6) is 0.196. The smallest absolute Gasteiger partial charge is 0.231 e. The van der Waals surface area contributed by atoms with Gasteiger partial charge in [-0.25, -0.2) is 4.98 Å². The largest absolute Gasteiger partial charge is 0.399 e. The van der Waals surface area contributed by atoms with Gasteiger partial charge in [0.25, 0.3) is 0 Å². The minimum atomic E-state index is -0.260. The van der Waals surface area contributed by atoms with E-state index in [1.165, 1.54) is 19.4 Å². The van der Waals surface area contributed by atoms with Crippen molar-refractivity contribution in [3.63, 3.8) is 0 Å². The van der Waals surface area contributed by atoms with E-state index in [0.717, 1.165) is 54.6 Å². The molecule has 0 aliphatic rings. The normalized spacial score (nSPS) is 10.6. The third-order valence-corrected chi connectivity index (χ3v) is 5.29. The molecule has 0 aliphatic heterocycles. The number of aryl methyl sites for hydroxylation is 3. The van der Waals surface area contributed by atoms with Crippen LogP contribution in [0.4, 0.5) is 17.5 Å². The predicted molar refractivity (Wildman–Crippen MR) is 132 cm³/mol. The Labute approximate surface area is 194 Å². The van der Waals surface area contributed by atoms with Crippen molar-refractivity contribution in [3.05, 3.63) is 77.0 Å². The highest BCUT2D eigenvalue weighted by Gasteiger charge is 2.16. The monoisotopic (exact) mass is 445 g/mol. The Kier molecular flexibility index (Phi) is 8.52. The fourth-order valence-corrected chi connectivity index (χ4v) is 3.71. The molecule has 0 aliphatic carbocycles. The molecule has 0 spiro atoms. The zero-order valence-corrected chi connectivity index (χ0v) is 19.2. The summed E-state index contributed by atoms with van der Waals surface area (Å²) in [5, 5.41) is 5.49. The first-order chi connectivity index (χ1) is 15.9. The lowest BCUT2D eigenvalue weighted by Gasteiger charge is -2.16. The SMILES string of the molecule is CC(=O)Nc1nc(CCc2ccc(N)cc2)c(CCCCc2ccccc2)c(NC(C)=O)n1. The van der Waals surface area contributed by atoms with Crippen molar-refractivity contribution < 1.29 is 9.59 Å². The van der Waals surface area contributed by atoms with Gasteiger partial charge in [-0.05, 0) is 61.8 Å². The molecular weight excluding hydrogens is 414 g/mol. The summed E-state index contributed by atoms with van der Waals surface area (Å²) < 4.78 is 0. The summed E-state index contributed by atoms with van der Waals surface area (Å²) in [6.45, 7) is 2.86. The van der Waals surface area contributed by atoms with Gasteiger partial charge in [0.1, 0.15) is 5.82 Å². The maximum absolute atomic E-state index is 11.9. The number of nitrogens with one attached hydrogen (secondary N) is 2. The third-order valence-electron chi connectivity index (χ3n) is 5.29. The molecule has 0 saturated heterocycles. The number of hydrogen-bond donors (Lipinski definition) is 3. The molecule has 0 unspecified atom stereocenters. The summed E-state index contributed by atoms with van der Waals surface area (Å²) in [6.07, 6.45) is 5.07. The van der Waals surface area contributed by atoms with Crippen LogP contribution in [0.5, 0.6) is 0 Å². The molecule has 1 aromatic heterocycles. The number of nitrogens with zero attached hydrogens (tertiary/aromatic N) is 2. The van der Waals surface area contributed by atoms with Gasteiger partial charge < -0.3 is 11.1 Å². The highest BCUT2D eigenvalue weighted by molar-refractivity contribution is 5.90. The topological polar surface area (TPSA) is 110 Å². The van der Waals surface area contributed by atoms with E-state index in [9.17, 15) is 9.59 Å². The molecule has 33 heavy (non-hydrogen) atoms. The number of unbranched alkanes of at least 4 members (excludes halogenated alkanes) is 1. The Bertz CT molecular complexity index is 1080. The van der Waals surface area contributed by atoms with Gasteiger partial charge in [0.05, 0.1) is 5.69 Å². The molecule has 0 bridgehead atoms. The minimum absolute atomic E-state index is 0.201. The fraction of sp³-hybridized carbons (Fsp3) is 0.308. The van der Waals surface area contributed by atoms with Crippen LogP contribution in [-0.2, 0) is 35.3 Å². The molecule has 0 radical (unpaired) electrons. The van der Waals surface area contributed by atoms with Crippen LogP contribution in [0.3, 0.4) is 0 Å². The van der Waals surface area contributed by atoms with Crippen LogP contribution in [-0.4, -0.2) is 21.8 Å². The van der Waals surface area contributed by atoms with Crippen LogP contribution < -0.4 is 16.4 Å². The standard InChI is InChI=1S/C26H31N5O2/c1-18(32)28-25-23(11-7-6-10-20-8-4-3-5-9-20)24(30-26(31-25)29-19(2)33)17-14-21-12-15-22(27)16-13-21/h3-5,8-9,12-13,15-16H,6-7,10-11,14,17,27H2,1-2H3,(H2,28,29,30,31,32,33). The molecule has 2 aromatic carbocycles. The summed E-state index contributed by atoms with van der Waals surface area (Å²) in [5.41, 5.74) is 10.7. The molecule has 172 valence electrons. The van der Waals surface area contributed by atoms with Crippen molar-refractivity contribution in [3.8, 4) is 0 Å². The van der Waals surface area contributed by atoms with E-state index in [4.69, 9.17) is 5.73 Å². The maximum Gasteiger partial charge on any atom is 0.231 e. The van der Waals surface area contributed by atoms with Crippen molar-refractivity contribution in [2.75, 3.05) is 16.4 Å². The van der Waals surface area contributed by atoms with Gasteiger partial charge in [-0.3, -0.25) is 14.9 Å². The molecule has 3 rings (SSSR count). The molecule has 7 nitrogen and oxygen atoms in total. The van der Waals surface area contributed by atoms with Crippen molar-refractivity contribution >= 4 is 29.3 Å². The molecular formula is C26H31N5O2. The van der Waals surface area contributed by atoms with Crippen LogP contribution >= 0.6 is 0 Å². The molecule has 0 saturated carbocycles. The predicted octanol–water partition coefficient (Wildman–Crippen LogP) is 4.33. The molecule has 0 atom stereocenters. The van der Waals surface area contributed by atoms with Crippen molar-refractivity contribution in [2.45, 2.75) is 52.4 Å². The molecule has 1 heterocycles. The van der Waals surface area contributed by atoms with E-state index in [-0.39, 0.29) is 17.8 Å². The van der Waals surface area contributed by atoms with Gasteiger partial charge in [0, 0.05) is 25.1 Å². The Morgan fingerprint density at radius 3 is 2.06 bits per heavy atom. The van der Waals surface area contributed by atoms with Gasteiger partial charge in [-0.1, -0.05) is 42.5 Å². The van der Waals surface area contributed by atoms with Crippen LogP contribution in [0, 0.1) is 0 Å². The Hall–Kier alpha value is -3.74. The summed E-state index contributed by atoms with van der Waals surface area (Å²) in [4.78, 5) is 32.5. The van der Waals surface area contributed by atoms with Gasteiger partial charge >= 0.3 is 0 Å². The number of rotatable bonds is 10. The Morgan fingerprint density at radius 2 is 1.39 bits per heavy atom. The molecule has 3 aromatic rings. The number of carbonyl (C=O) groups is 2. The number of aromatic nitrogens is 2. The van der Waals surface area contributed by atoms with Crippen LogP contribution in [0.1, 0.15) is 49.1 Å². The summed E-state index contributed by atoms with van der Waals surface area (Å²) in [6, 6.07) is 18.1. The second-order valence-electron chi connectivity index (χ2n) is 8.12. The van der Waals surface area contributed by atoms with Crippen molar-refractivity contribution in [1.82, 2.24) is 9.97 Å². The van der Waals surface area contributed by atoms with Gasteiger partial charge in [0.2, 0.25) is 17.8 Å². The van der Waals surface area contributed by atoms with Gasteiger partial charge in [0.15, 0.2) is 0 Å². The minimum Gasteiger partial charge on any atom is -0.399 e. The van der Waals surface area contributed by atoms with Crippen LogP contribution in [0.15, 0.2) is 54.6 Å². The van der Waals surface area contributed by atoms with E-state index in [1.54, 1.807) is 0 Å². The highest BCUT2D eigenvalue weighted by atomic mass is 16.2. The quantitative estimate of drug-likeness (QED) is 0.318. The van der Waals surface area contributed by atoms with Crippen LogP contribution in [0.25, 0.3) is 0 Å². The second kappa shape index (κ2) is 11.8. The lowest BCUT2D eigenvalue weighted by molar-refractivity contribution is -0.115. The third kappa shape index (κ3) is 7.71. The fourth-order valence-electron chi connectivity index (χ4n) is 3.71. The second-order valence-corrected chi connectivity index (χ2v) is 8.12. The van der Waals surface area contributed by atoms with Gasteiger partial charge in [-0.2, -0.15) is 4.98 Å². The lowest BCUT2D eigenvalue weighted by Crippen LogP contribution is -2.17. The number of carbonyl (C=O) groups excluding carboxylic acids is 2. The van der Waals surface area contributed by atoms with E-state index in [2.05, 4.69) is 32.7 Å². The molecule has 7 heteroatoms. The summed E-state index contributed by atoms with van der Waals surface area (Å²) in [7, 11) is 0. The van der Waals surface area contributed by atoms with E-state index in [1.807, 2.05) is 42.5 Å². The number of anilines is 3. The average Bonchev–Trinajstić information content (AvgIpc) is 2.77. The average molecular weight is 446 g/mol. The number of benzene rings is 2. The van der Waals surface area contributed by atoms with Crippen LogP contribution in [0.2, 0.25) is 0 Å². The van der Waals surface area contributed by atoms with Crippen molar-refractivity contribution in [1.29, 1.82) is 0 Å². The lowest BCUT2D eigenvalue weighted by atomic mass is 9.99. The van der Waals surface area contributed by atoms with Crippen molar-refractivity contribution in [2.24, 2.45) is 0 Å². The Balaban J connectivity index is 1.82. The first-order valence-electron chi connectivity index (χ1n) is 11.2. The number of nitrogens with two attached hydrogens (primary N) is 1. The zero-order valence-electron chi connectivity index (χ0n) is 19.2. The Morgan fingerprint density at radius 1 is 0.758 bits per heavy atom. The van der Waals surface area contributed by atoms with Gasteiger partial charge in [-0.15, -0.1) is 0 Å².